The van der Waals surface area contributed by atoms with Crippen LogP contribution in [0.5, 0.6) is 0 Å². The lowest BCUT2D eigenvalue weighted by atomic mass is 10.0. The van der Waals surface area contributed by atoms with Crippen LogP contribution in [0.25, 0.3) is 0 Å². The zero-order chi connectivity index (χ0) is 22.1. The molecule has 1 saturated carbocycles. The number of ether oxygens (including phenoxy) is 2. The molecule has 2 N–H and O–H groups in total. The summed E-state index contributed by atoms with van der Waals surface area (Å²) in [7, 11) is 0. The van der Waals surface area contributed by atoms with Gasteiger partial charge in [-0.25, -0.2) is 9.59 Å². The largest absolute Gasteiger partial charge is 0.464 e. The Morgan fingerprint density at radius 3 is 2.30 bits per heavy atom. The zero-order valence-electron chi connectivity index (χ0n) is 18.4. The Balaban J connectivity index is 2.09. The van der Waals surface area contributed by atoms with E-state index in [4.69, 9.17) is 9.47 Å². The van der Waals surface area contributed by atoms with Crippen molar-refractivity contribution in [2.45, 2.75) is 77.5 Å². The third-order valence-electron chi connectivity index (χ3n) is 4.74. The minimum absolute atomic E-state index is 0.248. The average Bonchev–Trinajstić information content (AvgIpc) is 3.48. The maximum Gasteiger partial charge on any atom is 0.408 e. The van der Waals surface area contributed by atoms with Gasteiger partial charge < -0.3 is 20.1 Å². The second-order valence-electron chi connectivity index (χ2n) is 8.72. The zero-order valence-corrected chi connectivity index (χ0v) is 18.4. The van der Waals surface area contributed by atoms with Gasteiger partial charge in [0.2, 0.25) is 5.91 Å². The summed E-state index contributed by atoms with van der Waals surface area (Å²) in [5.41, 5.74) is 0.203. The summed E-state index contributed by atoms with van der Waals surface area (Å²) < 4.78 is 10.4. The molecule has 1 aliphatic carbocycles. The molecule has 2 atom stereocenters. The van der Waals surface area contributed by atoms with E-state index in [2.05, 4.69) is 10.6 Å². The highest BCUT2D eigenvalue weighted by molar-refractivity contribution is 5.89. The van der Waals surface area contributed by atoms with E-state index in [1.165, 1.54) is 12.8 Å². The first-order valence-corrected chi connectivity index (χ1v) is 10.7. The third-order valence-corrected chi connectivity index (χ3v) is 4.74. The molecule has 30 heavy (non-hydrogen) atoms. The summed E-state index contributed by atoms with van der Waals surface area (Å²) in [6, 6.07) is 7.79. The molecule has 1 aliphatic rings. The third kappa shape index (κ3) is 8.84. The fraction of sp³-hybridized carbons (Fsp3) is 0.609. The monoisotopic (exact) mass is 418 g/mol. The van der Waals surface area contributed by atoms with Gasteiger partial charge in [-0.1, -0.05) is 43.2 Å². The number of amides is 2. The second kappa shape index (κ2) is 11.0. The van der Waals surface area contributed by atoms with Crippen LogP contribution in [0.3, 0.4) is 0 Å². The van der Waals surface area contributed by atoms with E-state index in [0.29, 0.717) is 12.3 Å². The molecular weight excluding hydrogens is 384 g/mol. The number of carbonyl (C=O) groups excluding carboxylic acids is 3. The molecule has 0 bridgehead atoms. The lowest BCUT2D eigenvalue weighted by Crippen LogP contribution is -2.53. The Bertz CT molecular complexity index is 710. The van der Waals surface area contributed by atoms with Gasteiger partial charge >= 0.3 is 12.1 Å². The van der Waals surface area contributed by atoms with Crippen LogP contribution in [0.1, 0.15) is 58.9 Å². The maximum absolute atomic E-state index is 13.0. The molecule has 0 aromatic heterocycles. The Morgan fingerprint density at radius 2 is 1.73 bits per heavy atom. The smallest absolute Gasteiger partial charge is 0.408 e. The number of hydrogen-bond donors (Lipinski definition) is 2. The van der Waals surface area contributed by atoms with Crippen molar-refractivity contribution >= 4 is 18.0 Å². The number of nitrogens with one attached hydrogen (secondary N) is 2. The maximum atomic E-state index is 13.0. The lowest BCUT2D eigenvalue weighted by Gasteiger charge is -2.25. The van der Waals surface area contributed by atoms with Crippen molar-refractivity contribution in [3.05, 3.63) is 35.9 Å². The van der Waals surface area contributed by atoms with Gasteiger partial charge in [0.15, 0.2) is 0 Å². The summed E-state index contributed by atoms with van der Waals surface area (Å²) >= 11 is 0. The highest BCUT2D eigenvalue weighted by Crippen LogP contribution is 2.34. The summed E-state index contributed by atoms with van der Waals surface area (Å²) in [4.78, 5) is 37.7. The van der Waals surface area contributed by atoms with Crippen molar-refractivity contribution in [2.24, 2.45) is 5.92 Å². The highest BCUT2D eigenvalue weighted by atomic mass is 16.6. The molecule has 2 rings (SSSR count). The molecule has 0 aliphatic heterocycles. The number of esters is 1. The highest BCUT2D eigenvalue weighted by Gasteiger charge is 2.31. The van der Waals surface area contributed by atoms with Crippen molar-refractivity contribution in [1.29, 1.82) is 0 Å². The Kier molecular flexibility index (Phi) is 8.69. The lowest BCUT2D eigenvalue weighted by molar-refractivity contribution is -0.147. The molecular formula is C23H34N2O5. The molecule has 7 heteroatoms. The topological polar surface area (TPSA) is 93.7 Å². The van der Waals surface area contributed by atoms with E-state index in [1.54, 1.807) is 27.7 Å². The van der Waals surface area contributed by atoms with Crippen LogP contribution >= 0.6 is 0 Å². The van der Waals surface area contributed by atoms with E-state index in [1.807, 2.05) is 30.3 Å². The summed E-state index contributed by atoms with van der Waals surface area (Å²) in [5.74, 6) is -0.250. The Morgan fingerprint density at radius 1 is 1.07 bits per heavy atom. The van der Waals surface area contributed by atoms with Gasteiger partial charge in [0.1, 0.15) is 17.7 Å². The molecule has 7 nitrogen and oxygen atoms in total. The van der Waals surface area contributed by atoms with Crippen molar-refractivity contribution in [3.63, 3.8) is 0 Å². The van der Waals surface area contributed by atoms with Crippen LogP contribution < -0.4 is 10.6 Å². The Labute approximate surface area is 178 Å². The molecule has 0 spiro atoms. The second-order valence-corrected chi connectivity index (χ2v) is 8.72. The van der Waals surface area contributed by atoms with Crippen LogP contribution in [-0.2, 0) is 25.5 Å². The van der Waals surface area contributed by atoms with Crippen LogP contribution in [0.2, 0.25) is 0 Å². The number of carbonyl (C=O) groups is 3. The Hall–Kier alpha value is -2.57. The first-order chi connectivity index (χ1) is 14.2. The predicted molar refractivity (Wildman–Crippen MR) is 114 cm³/mol. The van der Waals surface area contributed by atoms with Gasteiger partial charge in [-0.05, 0) is 52.0 Å². The van der Waals surface area contributed by atoms with Crippen molar-refractivity contribution < 1.29 is 23.9 Å². The summed E-state index contributed by atoms with van der Waals surface area (Å²) in [5, 5.41) is 5.44. The number of hydrogen-bond acceptors (Lipinski definition) is 5. The van der Waals surface area contributed by atoms with Crippen LogP contribution in [-0.4, -0.2) is 42.3 Å². The molecule has 0 radical (unpaired) electrons. The molecule has 1 aromatic carbocycles. The van der Waals surface area contributed by atoms with Crippen molar-refractivity contribution in [3.8, 4) is 0 Å². The molecule has 1 fully saturated rings. The van der Waals surface area contributed by atoms with Crippen LogP contribution in [0.15, 0.2) is 30.3 Å². The standard InChI is InChI=1S/C23H34N2O5/c1-5-29-21(27)18(14-13-16-11-12-16)24-20(26)19(15-17-9-7-6-8-10-17)25-22(28)30-23(2,3)4/h6-10,16,18-19H,5,11-15H2,1-4H3,(H,24,26)(H,25,28)/t18-,19-/m1/s1. The number of benzene rings is 1. The fourth-order valence-corrected chi connectivity index (χ4v) is 3.08. The molecule has 2 amide bonds. The van der Waals surface area contributed by atoms with Gasteiger partial charge in [-0.15, -0.1) is 0 Å². The van der Waals surface area contributed by atoms with E-state index in [0.717, 1.165) is 12.0 Å². The van der Waals surface area contributed by atoms with Crippen LogP contribution in [0, 0.1) is 5.92 Å². The number of alkyl carbamates (subject to hydrolysis) is 1. The SMILES string of the molecule is CCOC(=O)[C@@H](CCC1CC1)NC(=O)[C@@H](Cc1ccccc1)NC(=O)OC(C)(C)C. The molecule has 0 saturated heterocycles. The molecule has 0 heterocycles. The normalized spacial score (nSPS) is 15.6. The van der Waals surface area contributed by atoms with E-state index >= 15 is 0 Å². The minimum Gasteiger partial charge on any atom is -0.464 e. The predicted octanol–water partition coefficient (Wildman–Crippen LogP) is 3.36. The summed E-state index contributed by atoms with van der Waals surface area (Å²) in [6.45, 7) is 7.26. The first-order valence-electron chi connectivity index (χ1n) is 10.7. The molecule has 0 unspecified atom stereocenters. The van der Waals surface area contributed by atoms with E-state index < -0.39 is 35.7 Å². The van der Waals surface area contributed by atoms with Gasteiger partial charge in [0, 0.05) is 6.42 Å². The first kappa shape index (κ1) is 23.7. The van der Waals surface area contributed by atoms with Gasteiger partial charge in [0.25, 0.3) is 0 Å². The minimum atomic E-state index is -0.875. The number of rotatable bonds is 10. The summed E-state index contributed by atoms with van der Waals surface area (Å²) in [6.07, 6.45) is 3.33. The van der Waals surface area contributed by atoms with E-state index in [-0.39, 0.29) is 13.0 Å². The van der Waals surface area contributed by atoms with Crippen LogP contribution in [0.4, 0.5) is 4.79 Å². The van der Waals surface area contributed by atoms with Crippen molar-refractivity contribution in [2.75, 3.05) is 6.61 Å². The van der Waals surface area contributed by atoms with E-state index in [9.17, 15) is 14.4 Å². The van der Waals surface area contributed by atoms with Gasteiger partial charge in [-0.2, -0.15) is 0 Å². The van der Waals surface area contributed by atoms with Gasteiger partial charge in [-0.3, -0.25) is 4.79 Å². The average molecular weight is 419 g/mol. The van der Waals surface area contributed by atoms with Crippen molar-refractivity contribution in [1.82, 2.24) is 10.6 Å². The quantitative estimate of drug-likeness (QED) is 0.568. The molecule has 166 valence electrons. The van der Waals surface area contributed by atoms with Gasteiger partial charge in [0.05, 0.1) is 6.61 Å². The molecule has 1 aromatic rings. The fourth-order valence-electron chi connectivity index (χ4n) is 3.08.